The van der Waals surface area contributed by atoms with Crippen LogP contribution < -0.4 is 5.32 Å². The third kappa shape index (κ3) is 10.5. The van der Waals surface area contributed by atoms with E-state index in [4.69, 9.17) is 9.47 Å². The van der Waals surface area contributed by atoms with Gasteiger partial charge in [-0.25, -0.2) is 23.5 Å². The zero-order chi connectivity index (χ0) is 28.5. The number of ketones is 1. The third-order valence-electron chi connectivity index (χ3n) is 5.12. The molecule has 0 fully saturated rings. The Morgan fingerprint density at radius 2 is 1.63 bits per heavy atom. The molecule has 0 radical (unpaired) electrons. The Kier molecular flexibility index (Phi) is 10.8. The second-order valence-electron chi connectivity index (χ2n) is 11.1. The van der Waals surface area contributed by atoms with Crippen molar-refractivity contribution >= 4 is 18.0 Å². The molecule has 0 saturated heterocycles. The fourth-order valence-electron chi connectivity index (χ4n) is 3.53. The van der Waals surface area contributed by atoms with E-state index in [1.165, 1.54) is 22.9 Å². The Bertz CT molecular complexity index is 1120. The smallest absolute Gasteiger partial charge is 0.420 e. The minimum absolute atomic E-state index is 0.199. The van der Waals surface area contributed by atoms with Crippen LogP contribution in [0, 0.1) is 5.82 Å². The Morgan fingerprint density at radius 3 is 2.21 bits per heavy atom. The number of allylic oxidation sites excluding steroid dienone is 1. The van der Waals surface area contributed by atoms with Gasteiger partial charge in [-0.3, -0.25) is 4.79 Å². The van der Waals surface area contributed by atoms with Crippen LogP contribution in [0.15, 0.2) is 42.6 Å². The first-order valence-corrected chi connectivity index (χ1v) is 12.9. The molecule has 9 heteroatoms. The molecule has 0 spiro atoms. The van der Waals surface area contributed by atoms with Crippen molar-refractivity contribution in [3.63, 3.8) is 0 Å². The number of amides is 1. The molecule has 8 nitrogen and oxygen atoms in total. The second kappa shape index (κ2) is 13.3. The summed E-state index contributed by atoms with van der Waals surface area (Å²) in [6.45, 7) is 12.5. The number of imidazole rings is 1. The third-order valence-corrected chi connectivity index (χ3v) is 5.12. The maximum absolute atomic E-state index is 13.5. The SMILES string of the molecule is CCCC(=O)CC/C=C/CC(NC(=O)OC(C)(C)C)c1nc(-c2ccc(F)cc2)cn1C(=O)OC(C)(C)C. The molecular weight excluding hydrogens is 489 g/mol. The van der Waals surface area contributed by atoms with Gasteiger partial charge in [0.15, 0.2) is 0 Å². The number of Topliss-reactive ketones (excluding diaryl/α,β-unsaturated/α-hetero) is 1. The Hall–Kier alpha value is -3.49. The quantitative estimate of drug-likeness (QED) is 0.329. The number of alkyl carbamates (subject to hydrolysis) is 1. The Morgan fingerprint density at radius 1 is 1.00 bits per heavy atom. The van der Waals surface area contributed by atoms with Crippen LogP contribution in [0.4, 0.5) is 14.0 Å². The van der Waals surface area contributed by atoms with Crippen LogP contribution in [0.3, 0.4) is 0 Å². The lowest BCUT2D eigenvalue weighted by Gasteiger charge is -2.24. The minimum Gasteiger partial charge on any atom is -0.444 e. The largest absolute Gasteiger partial charge is 0.444 e. The standard InChI is InChI=1S/C29H40FN3O5/c1-8-12-22(34)13-10-9-11-14-23(32-26(35)37-28(2,3)4)25-31-24(20-15-17-21(30)18-16-20)19-33(25)27(36)38-29(5,6)7/h9,11,15-19,23H,8,10,12-14H2,1-7H3,(H,32,35)/b11-9+. The normalized spacial score (nSPS) is 12.8. The Labute approximate surface area is 224 Å². The predicted octanol–water partition coefficient (Wildman–Crippen LogP) is 7.13. The van der Waals surface area contributed by atoms with Crippen LogP contribution in [0.1, 0.15) is 92.4 Å². The summed E-state index contributed by atoms with van der Waals surface area (Å²) in [5.41, 5.74) is -0.496. The van der Waals surface area contributed by atoms with Gasteiger partial charge in [0.25, 0.3) is 0 Å². The summed E-state index contributed by atoms with van der Waals surface area (Å²) in [5.74, 6) is 0.0358. The molecular formula is C29H40FN3O5. The molecule has 1 atom stereocenters. The van der Waals surface area contributed by atoms with Gasteiger partial charge in [0, 0.05) is 24.6 Å². The summed E-state index contributed by atoms with van der Waals surface area (Å²) in [4.78, 5) is 42.4. The molecule has 38 heavy (non-hydrogen) atoms. The highest BCUT2D eigenvalue weighted by molar-refractivity contribution is 5.78. The number of hydrogen-bond donors (Lipinski definition) is 1. The number of rotatable bonds is 10. The number of hydrogen-bond acceptors (Lipinski definition) is 6. The van der Waals surface area contributed by atoms with E-state index in [0.29, 0.717) is 30.5 Å². The first-order valence-electron chi connectivity index (χ1n) is 12.9. The molecule has 2 aromatic rings. The van der Waals surface area contributed by atoms with E-state index in [9.17, 15) is 18.8 Å². The molecule has 0 aliphatic rings. The first kappa shape index (κ1) is 30.7. The molecule has 0 bridgehead atoms. The van der Waals surface area contributed by atoms with Crippen LogP contribution in [-0.2, 0) is 14.3 Å². The molecule has 0 aliphatic carbocycles. The number of halogens is 1. The van der Waals surface area contributed by atoms with Crippen molar-refractivity contribution in [2.24, 2.45) is 0 Å². The molecule has 1 aromatic carbocycles. The summed E-state index contributed by atoms with van der Waals surface area (Å²) in [5, 5.41) is 2.81. The van der Waals surface area contributed by atoms with Gasteiger partial charge in [-0.05, 0) is 85.1 Å². The molecule has 1 unspecified atom stereocenters. The molecule has 208 valence electrons. The number of carbonyl (C=O) groups is 3. The van der Waals surface area contributed by atoms with E-state index < -0.39 is 35.2 Å². The monoisotopic (exact) mass is 529 g/mol. The lowest BCUT2D eigenvalue weighted by atomic mass is 10.1. The van der Waals surface area contributed by atoms with E-state index in [1.807, 2.05) is 19.1 Å². The van der Waals surface area contributed by atoms with Gasteiger partial charge in [0.1, 0.15) is 28.6 Å². The topological polar surface area (TPSA) is 99.5 Å². The number of benzene rings is 1. The average molecular weight is 530 g/mol. The number of carbonyl (C=O) groups excluding carboxylic acids is 3. The van der Waals surface area contributed by atoms with E-state index in [1.54, 1.807) is 53.7 Å². The molecule has 2 rings (SSSR count). The van der Waals surface area contributed by atoms with Gasteiger partial charge in [-0.2, -0.15) is 0 Å². The molecule has 1 aromatic heterocycles. The highest BCUT2D eigenvalue weighted by Crippen LogP contribution is 2.26. The molecule has 0 saturated carbocycles. The van der Waals surface area contributed by atoms with E-state index >= 15 is 0 Å². The summed E-state index contributed by atoms with van der Waals surface area (Å²) in [6, 6.07) is 4.98. The van der Waals surface area contributed by atoms with Crippen LogP contribution in [0.2, 0.25) is 0 Å². The highest BCUT2D eigenvalue weighted by atomic mass is 19.1. The lowest BCUT2D eigenvalue weighted by molar-refractivity contribution is -0.119. The van der Waals surface area contributed by atoms with Crippen LogP contribution in [-0.4, -0.2) is 38.7 Å². The van der Waals surface area contributed by atoms with Crippen LogP contribution >= 0.6 is 0 Å². The summed E-state index contributed by atoms with van der Waals surface area (Å²) < 4.78 is 25.8. The van der Waals surface area contributed by atoms with Crippen molar-refractivity contribution < 1.29 is 28.2 Å². The van der Waals surface area contributed by atoms with Crippen molar-refractivity contribution in [3.05, 3.63) is 54.3 Å². The lowest BCUT2D eigenvalue weighted by Crippen LogP contribution is -2.37. The molecule has 1 amide bonds. The van der Waals surface area contributed by atoms with Crippen LogP contribution in [0.5, 0.6) is 0 Å². The van der Waals surface area contributed by atoms with Crippen molar-refractivity contribution in [1.82, 2.24) is 14.9 Å². The first-order chi connectivity index (χ1) is 17.7. The van der Waals surface area contributed by atoms with E-state index in [2.05, 4.69) is 10.3 Å². The van der Waals surface area contributed by atoms with Crippen molar-refractivity contribution in [2.45, 2.75) is 97.8 Å². The maximum Gasteiger partial charge on any atom is 0.420 e. The number of nitrogens with one attached hydrogen (secondary N) is 1. The minimum atomic E-state index is -0.770. The van der Waals surface area contributed by atoms with Crippen molar-refractivity contribution in [2.75, 3.05) is 0 Å². The van der Waals surface area contributed by atoms with Gasteiger partial charge in [-0.1, -0.05) is 19.1 Å². The number of aromatic nitrogens is 2. The summed E-state index contributed by atoms with van der Waals surface area (Å²) in [6.07, 6.45) is 6.54. The molecule has 1 N–H and O–H groups in total. The van der Waals surface area contributed by atoms with Crippen LogP contribution in [0.25, 0.3) is 11.3 Å². The molecule has 0 aliphatic heterocycles. The van der Waals surface area contributed by atoms with E-state index in [-0.39, 0.29) is 18.0 Å². The average Bonchev–Trinajstić information content (AvgIpc) is 3.22. The van der Waals surface area contributed by atoms with Gasteiger partial charge in [0.2, 0.25) is 0 Å². The van der Waals surface area contributed by atoms with Gasteiger partial charge in [0.05, 0.1) is 11.7 Å². The number of nitrogens with zero attached hydrogens (tertiary/aromatic N) is 2. The second-order valence-corrected chi connectivity index (χ2v) is 11.1. The fourth-order valence-corrected chi connectivity index (χ4v) is 3.53. The zero-order valence-corrected chi connectivity index (χ0v) is 23.5. The maximum atomic E-state index is 13.5. The number of ether oxygens (including phenoxy) is 2. The summed E-state index contributed by atoms with van der Waals surface area (Å²) >= 11 is 0. The predicted molar refractivity (Wildman–Crippen MR) is 144 cm³/mol. The van der Waals surface area contributed by atoms with Gasteiger partial charge in [-0.15, -0.1) is 0 Å². The zero-order valence-electron chi connectivity index (χ0n) is 23.5. The van der Waals surface area contributed by atoms with Gasteiger partial charge >= 0.3 is 12.2 Å². The van der Waals surface area contributed by atoms with Crippen molar-refractivity contribution in [1.29, 1.82) is 0 Å². The van der Waals surface area contributed by atoms with Crippen molar-refractivity contribution in [3.8, 4) is 11.3 Å². The van der Waals surface area contributed by atoms with Gasteiger partial charge < -0.3 is 14.8 Å². The highest BCUT2D eigenvalue weighted by Gasteiger charge is 2.28. The molecule has 1 heterocycles. The fraction of sp³-hybridized carbons (Fsp3) is 0.517. The summed E-state index contributed by atoms with van der Waals surface area (Å²) in [7, 11) is 0. The van der Waals surface area contributed by atoms with E-state index in [0.717, 1.165) is 6.42 Å². The Balaban J connectivity index is 2.44.